The van der Waals surface area contributed by atoms with E-state index in [0.717, 1.165) is 31.8 Å². The highest BCUT2D eigenvalue weighted by atomic mass is 16.5. The molecule has 0 unspecified atom stereocenters. The molecule has 0 saturated carbocycles. The zero-order valence-electron chi connectivity index (χ0n) is 13.0. The molecule has 0 aliphatic heterocycles. The second-order valence-electron chi connectivity index (χ2n) is 5.28. The Hall–Kier alpha value is -1.06. The van der Waals surface area contributed by atoms with Crippen molar-refractivity contribution in [3.05, 3.63) is 28.8 Å². The first kappa shape index (κ1) is 16.0. The van der Waals surface area contributed by atoms with Crippen LogP contribution in [0.3, 0.4) is 0 Å². The molecule has 0 aromatic heterocycles. The third-order valence-electron chi connectivity index (χ3n) is 3.43. The fraction of sp³-hybridized carbons (Fsp3) is 0.625. The van der Waals surface area contributed by atoms with Gasteiger partial charge in [0.2, 0.25) is 0 Å². The minimum Gasteiger partial charge on any atom is -0.496 e. The van der Waals surface area contributed by atoms with Crippen LogP contribution in [0.25, 0.3) is 0 Å². The van der Waals surface area contributed by atoms with E-state index in [1.54, 1.807) is 7.11 Å². The molecule has 1 N–H and O–H groups in total. The highest BCUT2D eigenvalue weighted by Crippen LogP contribution is 2.25. The molecule has 3 heteroatoms. The van der Waals surface area contributed by atoms with Gasteiger partial charge in [-0.3, -0.25) is 0 Å². The highest BCUT2D eigenvalue weighted by Gasteiger charge is 2.08. The number of hydrogen-bond donors (Lipinski definition) is 1. The second-order valence-corrected chi connectivity index (χ2v) is 5.28. The number of aryl methyl sites for hydroxylation is 2. The maximum atomic E-state index is 5.53. The van der Waals surface area contributed by atoms with Crippen LogP contribution in [0.1, 0.15) is 23.1 Å². The van der Waals surface area contributed by atoms with Crippen LogP contribution in [0, 0.1) is 13.8 Å². The molecule has 0 spiro atoms. The van der Waals surface area contributed by atoms with Gasteiger partial charge in [-0.1, -0.05) is 17.7 Å². The predicted molar refractivity (Wildman–Crippen MR) is 82.2 cm³/mol. The lowest BCUT2D eigenvalue weighted by atomic mass is 10.0. The van der Waals surface area contributed by atoms with Crippen molar-refractivity contribution in [2.45, 2.75) is 26.7 Å². The Morgan fingerprint density at radius 1 is 1.21 bits per heavy atom. The Labute approximate surface area is 118 Å². The first-order chi connectivity index (χ1) is 9.08. The fourth-order valence-electron chi connectivity index (χ4n) is 2.47. The number of nitrogens with one attached hydrogen (secondary N) is 1. The molecule has 0 aliphatic rings. The maximum absolute atomic E-state index is 5.53. The van der Waals surface area contributed by atoms with E-state index in [2.05, 4.69) is 43.2 Å². The SMILES string of the molecule is CNCCCN(C)CCc1cc(C)cc(C)c1OC. The van der Waals surface area contributed by atoms with E-state index in [-0.39, 0.29) is 0 Å². The topological polar surface area (TPSA) is 24.5 Å². The summed E-state index contributed by atoms with van der Waals surface area (Å²) < 4.78 is 5.53. The minimum absolute atomic E-state index is 1.04. The van der Waals surface area contributed by atoms with Gasteiger partial charge in [-0.25, -0.2) is 0 Å². The normalized spacial score (nSPS) is 11.1. The summed E-state index contributed by atoms with van der Waals surface area (Å²) in [5, 5.41) is 3.18. The molecule has 1 aromatic carbocycles. The third-order valence-corrected chi connectivity index (χ3v) is 3.43. The standard InChI is InChI=1S/C16H28N2O/c1-13-11-14(2)16(19-5)15(12-13)7-10-18(4)9-6-8-17-3/h11-12,17H,6-10H2,1-5H3. The zero-order chi connectivity index (χ0) is 14.3. The van der Waals surface area contributed by atoms with E-state index in [1.165, 1.54) is 23.1 Å². The van der Waals surface area contributed by atoms with Crippen molar-refractivity contribution in [3.8, 4) is 5.75 Å². The van der Waals surface area contributed by atoms with Gasteiger partial charge >= 0.3 is 0 Å². The average molecular weight is 264 g/mol. The second kappa shape index (κ2) is 8.18. The van der Waals surface area contributed by atoms with Crippen molar-refractivity contribution in [2.24, 2.45) is 0 Å². The quantitative estimate of drug-likeness (QED) is 0.730. The van der Waals surface area contributed by atoms with E-state index < -0.39 is 0 Å². The molecule has 1 aromatic rings. The molecular formula is C16H28N2O. The molecule has 1 rings (SSSR count). The molecule has 3 nitrogen and oxygen atoms in total. The van der Waals surface area contributed by atoms with Crippen molar-refractivity contribution in [3.63, 3.8) is 0 Å². The number of benzene rings is 1. The first-order valence-electron chi connectivity index (χ1n) is 7.05. The molecule has 0 bridgehead atoms. The zero-order valence-corrected chi connectivity index (χ0v) is 13.0. The summed E-state index contributed by atoms with van der Waals surface area (Å²) in [6, 6.07) is 4.42. The molecule has 0 radical (unpaired) electrons. The molecule has 108 valence electrons. The van der Waals surface area contributed by atoms with Crippen LogP contribution in [-0.4, -0.2) is 45.7 Å². The van der Waals surface area contributed by atoms with Crippen molar-refractivity contribution >= 4 is 0 Å². The fourth-order valence-corrected chi connectivity index (χ4v) is 2.47. The summed E-state index contributed by atoms with van der Waals surface area (Å²) in [7, 11) is 5.95. The van der Waals surface area contributed by atoms with Crippen LogP contribution in [0.2, 0.25) is 0 Å². The number of hydrogen-bond acceptors (Lipinski definition) is 3. The summed E-state index contributed by atoms with van der Waals surface area (Å²) in [5.41, 5.74) is 3.86. The first-order valence-corrected chi connectivity index (χ1v) is 7.05. The van der Waals surface area contributed by atoms with Crippen LogP contribution in [0.15, 0.2) is 12.1 Å². The highest BCUT2D eigenvalue weighted by molar-refractivity contribution is 5.43. The maximum Gasteiger partial charge on any atom is 0.125 e. The average Bonchev–Trinajstić information content (AvgIpc) is 2.36. The van der Waals surface area contributed by atoms with Gasteiger partial charge < -0.3 is 15.0 Å². The summed E-state index contributed by atoms with van der Waals surface area (Å²) in [6.07, 6.45) is 2.23. The number of likely N-dealkylation sites (N-methyl/N-ethyl adjacent to an activating group) is 1. The number of nitrogens with zero attached hydrogens (tertiary/aromatic N) is 1. The lowest BCUT2D eigenvalue weighted by Gasteiger charge is -2.18. The van der Waals surface area contributed by atoms with Crippen LogP contribution >= 0.6 is 0 Å². The Bertz CT molecular complexity index is 391. The van der Waals surface area contributed by atoms with Gasteiger partial charge in [0.1, 0.15) is 5.75 Å². The van der Waals surface area contributed by atoms with Gasteiger partial charge in [0, 0.05) is 6.54 Å². The molecule has 0 atom stereocenters. The smallest absolute Gasteiger partial charge is 0.125 e. The van der Waals surface area contributed by atoms with E-state index in [4.69, 9.17) is 4.74 Å². The van der Waals surface area contributed by atoms with Crippen LogP contribution in [0.4, 0.5) is 0 Å². The van der Waals surface area contributed by atoms with E-state index in [9.17, 15) is 0 Å². The molecule has 0 amide bonds. The van der Waals surface area contributed by atoms with Crippen molar-refractivity contribution in [1.82, 2.24) is 10.2 Å². The molecule has 0 saturated heterocycles. The van der Waals surface area contributed by atoms with E-state index in [0.29, 0.717) is 0 Å². The van der Waals surface area contributed by atoms with Crippen molar-refractivity contribution < 1.29 is 4.74 Å². The minimum atomic E-state index is 1.04. The Morgan fingerprint density at radius 3 is 2.58 bits per heavy atom. The van der Waals surface area contributed by atoms with Crippen LogP contribution < -0.4 is 10.1 Å². The summed E-state index contributed by atoms with van der Waals surface area (Å²) in [5.74, 6) is 1.05. The van der Waals surface area contributed by atoms with Crippen LogP contribution in [0.5, 0.6) is 5.75 Å². The van der Waals surface area contributed by atoms with Gasteiger partial charge in [-0.05, 0) is 65.0 Å². The molecular weight excluding hydrogens is 236 g/mol. The van der Waals surface area contributed by atoms with Gasteiger partial charge in [0.25, 0.3) is 0 Å². The Balaban J connectivity index is 2.57. The molecule has 0 fully saturated rings. The van der Waals surface area contributed by atoms with Gasteiger partial charge in [-0.2, -0.15) is 0 Å². The van der Waals surface area contributed by atoms with Gasteiger partial charge in [0.05, 0.1) is 7.11 Å². The molecule has 19 heavy (non-hydrogen) atoms. The molecule has 0 aliphatic carbocycles. The lowest BCUT2D eigenvalue weighted by Crippen LogP contribution is -2.25. The monoisotopic (exact) mass is 264 g/mol. The van der Waals surface area contributed by atoms with Crippen molar-refractivity contribution in [2.75, 3.05) is 40.8 Å². The number of methoxy groups -OCH3 is 1. The van der Waals surface area contributed by atoms with Gasteiger partial charge in [0.15, 0.2) is 0 Å². The summed E-state index contributed by atoms with van der Waals surface area (Å²) in [6.45, 7) is 7.55. The number of rotatable bonds is 8. The molecule has 0 heterocycles. The summed E-state index contributed by atoms with van der Waals surface area (Å²) in [4.78, 5) is 2.38. The Morgan fingerprint density at radius 2 is 1.95 bits per heavy atom. The van der Waals surface area contributed by atoms with Crippen LogP contribution in [-0.2, 0) is 6.42 Å². The lowest BCUT2D eigenvalue weighted by molar-refractivity contribution is 0.329. The Kier molecular flexibility index (Phi) is 6.89. The van der Waals surface area contributed by atoms with Gasteiger partial charge in [-0.15, -0.1) is 0 Å². The largest absolute Gasteiger partial charge is 0.496 e. The van der Waals surface area contributed by atoms with E-state index in [1.807, 2.05) is 7.05 Å². The predicted octanol–water partition coefficient (Wildman–Crippen LogP) is 2.40. The van der Waals surface area contributed by atoms with E-state index >= 15 is 0 Å². The third kappa shape index (κ3) is 5.21. The number of ether oxygens (including phenoxy) is 1. The van der Waals surface area contributed by atoms with Crippen molar-refractivity contribution in [1.29, 1.82) is 0 Å². The summed E-state index contributed by atoms with van der Waals surface area (Å²) >= 11 is 0.